The minimum atomic E-state index is -0.810. The second-order valence-corrected chi connectivity index (χ2v) is 8.33. The van der Waals surface area contributed by atoms with Crippen LogP contribution in [-0.2, 0) is 14.3 Å². The maximum atomic E-state index is 13.2. The summed E-state index contributed by atoms with van der Waals surface area (Å²) in [5.41, 5.74) is 0.837. The van der Waals surface area contributed by atoms with Gasteiger partial charge in [-0.3, -0.25) is 14.4 Å². The lowest BCUT2D eigenvalue weighted by Gasteiger charge is -2.18. The maximum absolute atomic E-state index is 13.2. The fourth-order valence-electron chi connectivity index (χ4n) is 3.56. The lowest BCUT2D eigenvalue weighted by Crippen LogP contribution is -2.33. The van der Waals surface area contributed by atoms with Crippen LogP contribution in [0.3, 0.4) is 0 Å². The number of anilines is 3. The first kappa shape index (κ1) is 25.6. The van der Waals surface area contributed by atoms with E-state index in [-0.39, 0.29) is 34.2 Å². The fourth-order valence-corrected chi connectivity index (χ4v) is 3.78. The monoisotopic (exact) mass is 521 g/mol. The van der Waals surface area contributed by atoms with Gasteiger partial charge in [-0.2, -0.15) is 0 Å². The zero-order valence-electron chi connectivity index (χ0n) is 19.6. The molecule has 0 spiro atoms. The Morgan fingerprint density at radius 1 is 0.946 bits per heavy atom. The first-order chi connectivity index (χ1) is 17.8. The van der Waals surface area contributed by atoms with E-state index in [9.17, 15) is 23.6 Å². The lowest BCUT2D eigenvalue weighted by molar-refractivity contribution is -0.120. The number of imide groups is 1. The number of carbonyl (C=O) groups is 4. The van der Waals surface area contributed by atoms with Crippen LogP contribution < -0.4 is 15.5 Å². The fraction of sp³-hybridized carbons (Fsp3) is 0.111. The van der Waals surface area contributed by atoms with E-state index in [1.807, 2.05) is 6.92 Å². The van der Waals surface area contributed by atoms with E-state index in [0.29, 0.717) is 17.8 Å². The zero-order valence-corrected chi connectivity index (χ0v) is 20.3. The van der Waals surface area contributed by atoms with Gasteiger partial charge in [-0.15, -0.1) is 0 Å². The molecule has 188 valence electrons. The van der Waals surface area contributed by atoms with Gasteiger partial charge in [-0.1, -0.05) is 36.7 Å². The number of nitrogens with one attached hydrogen (secondary N) is 2. The Hall–Kier alpha value is -4.50. The molecule has 3 aromatic carbocycles. The summed E-state index contributed by atoms with van der Waals surface area (Å²) in [4.78, 5) is 52.1. The Morgan fingerprint density at radius 2 is 1.68 bits per heavy atom. The Bertz CT molecular complexity index is 1420. The molecule has 0 bridgehead atoms. The molecule has 37 heavy (non-hydrogen) atoms. The Kier molecular flexibility index (Phi) is 7.64. The molecule has 3 amide bonds. The number of nitrogens with zero attached hydrogens (tertiary/aromatic N) is 1. The summed E-state index contributed by atoms with van der Waals surface area (Å²) in [6, 6.07) is 17.5. The summed E-state index contributed by atoms with van der Waals surface area (Å²) >= 11 is 6.24. The number of para-hydroxylation sites is 1. The van der Waals surface area contributed by atoms with Crippen molar-refractivity contribution in [2.45, 2.75) is 13.3 Å². The van der Waals surface area contributed by atoms with Crippen molar-refractivity contribution in [3.63, 3.8) is 0 Å². The highest BCUT2D eigenvalue weighted by atomic mass is 35.5. The lowest BCUT2D eigenvalue weighted by atomic mass is 10.1. The van der Waals surface area contributed by atoms with Gasteiger partial charge in [-0.05, 0) is 61.0 Å². The van der Waals surface area contributed by atoms with Crippen molar-refractivity contribution in [2.24, 2.45) is 0 Å². The first-order valence-corrected chi connectivity index (χ1v) is 11.7. The maximum Gasteiger partial charge on any atom is 0.340 e. The number of carbonyl (C=O) groups excluding carboxylic acids is 4. The van der Waals surface area contributed by atoms with Crippen LogP contribution in [0.15, 0.2) is 83.5 Å². The topological polar surface area (TPSA) is 105 Å². The van der Waals surface area contributed by atoms with Crippen LogP contribution in [0.25, 0.3) is 0 Å². The van der Waals surface area contributed by atoms with Crippen LogP contribution in [-0.4, -0.2) is 30.3 Å². The quantitative estimate of drug-likeness (QED) is 0.316. The Balaban J connectivity index is 1.55. The second kappa shape index (κ2) is 11.0. The highest BCUT2D eigenvalue weighted by molar-refractivity contribution is 6.53. The molecule has 0 saturated carbocycles. The molecule has 0 fully saturated rings. The van der Waals surface area contributed by atoms with Crippen LogP contribution in [0, 0.1) is 5.82 Å². The number of ether oxygens (including phenoxy) is 1. The summed E-state index contributed by atoms with van der Waals surface area (Å²) in [6.45, 7) is 2.03. The molecule has 0 unspecified atom stereocenters. The number of rotatable bonds is 8. The van der Waals surface area contributed by atoms with Gasteiger partial charge < -0.3 is 15.4 Å². The van der Waals surface area contributed by atoms with E-state index in [2.05, 4.69) is 10.6 Å². The second-order valence-electron chi connectivity index (χ2n) is 7.95. The summed E-state index contributed by atoms with van der Waals surface area (Å²) in [5, 5.41) is 5.08. The summed E-state index contributed by atoms with van der Waals surface area (Å²) in [7, 11) is 0. The van der Waals surface area contributed by atoms with E-state index in [1.54, 1.807) is 30.3 Å². The number of amides is 3. The van der Waals surface area contributed by atoms with E-state index in [4.69, 9.17) is 16.3 Å². The minimum absolute atomic E-state index is 0.0426. The number of hydrogen-bond donors (Lipinski definition) is 2. The molecule has 0 radical (unpaired) electrons. The highest BCUT2D eigenvalue weighted by Crippen LogP contribution is 2.32. The van der Waals surface area contributed by atoms with Crippen LogP contribution >= 0.6 is 11.6 Å². The van der Waals surface area contributed by atoms with Gasteiger partial charge in [-0.25, -0.2) is 14.1 Å². The molecule has 10 heteroatoms. The van der Waals surface area contributed by atoms with Crippen molar-refractivity contribution in [1.29, 1.82) is 0 Å². The average molecular weight is 522 g/mol. The highest BCUT2D eigenvalue weighted by Gasteiger charge is 2.40. The summed E-state index contributed by atoms with van der Waals surface area (Å²) in [6.07, 6.45) is 0.609. The molecule has 0 aliphatic carbocycles. The number of halogens is 2. The standard InChI is InChI=1S/C27H21ClFN3O5/c1-2-14-37-27(36)20-8-3-4-9-21(20)32-25(34)22(28)23(26(32)35)30-19-7-5-6-16(15-19)24(33)31-18-12-10-17(29)11-13-18/h3-13,15,30H,2,14H2,1H3,(H,31,33). The number of benzene rings is 3. The van der Waals surface area contributed by atoms with E-state index >= 15 is 0 Å². The van der Waals surface area contributed by atoms with Crippen molar-refractivity contribution in [2.75, 3.05) is 22.1 Å². The third-order valence-electron chi connectivity index (χ3n) is 5.33. The van der Waals surface area contributed by atoms with E-state index in [1.165, 1.54) is 42.5 Å². The van der Waals surface area contributed by atoms with Gasteiger partial charge in [0.2, 0.25) is 0 Å². The van der Waals surface area contributed by atoms with Gasteiger partial charge in [0.05, 0.1) is 17.9 Å². The van der Waals surface area contributed by atoms with Crippen molar-refractivity contribution in [3.8, 4) is 0 Å². The first-order valence-electron chi connectivity index (χ1n) is 11.3. The molecular formula is C27H21ClFN3O5. The summed E-state index contributed by atoms with van der Waals surface area (Å²) < 4.78 is 18.3. The third-order valence-corrected chi connectivity index (χ3v) is 5.68. The molecule has 0 atom stereocenters. The molecule has 1 heterocycles. The van der Waals surface area contributed by atoms with Crippen LogP contribution in [0.1, 0.15) is 34.1 Å². The smallest absolute Gasteiger partial charge is 0.340 e. The predicted octanol–water partition coefficient (Wildman–Crippen LogP) is 5.08. The van der Waals surface area contributed by atoms with Crippen LogP contribution in [0.4, 0.5) is 21.5 Å². The SMILES string of the molecule is CCCOC(=O)c1ccccc1N1C(=O)C(Cl)=C(Nc2cccc(C(=O)Nc3ccc(F)cc3)c2)C1=O. The van der Waals surface area contributed by atoms with Gasteiger partial charge in [0.15, 0.2) is 0 Å². The van der Waals surface area contributed by atoms with Crippen molar-refractivity contribution >= 4 is 52.4 Å². The Morgan fingerprint density at radius 3 is 2.41 bits per heavy atom. The van der Waals surface area contributed by atoms with E-state index in [0.717, 1.165) is 4.90 Å². The molecular weight excluding hydrogens is 501 g/mol. The number of esters is 1. The molecule has 3 aromatic rings. The molecule has 0 saturated heterocycles. The largest absolute Gasteiger partial charge is 0.462 e. The third kappa shape index (κ3) is 5.52. The minimum Gasteiger partial charge on any atom is -0.462 e. The molecule has 1 aliphatic heterocycles. The normalized spacial score (nSPS) is 13.1. The predicted molar refractivity (Wildman–Crippen MR) is 137 cm³/mol. The average Bonchev–Trinajstić information content (AvgIpc) is 3.11. The Labute approximate surface area is 216 Å². The van der Waals surface area contributed by atoms with Crippen molar-refractivity contribution in [1.82, 2.24) is 0 Å². The van der Waals surface area contributed by atoms with Crippen molar-refractivity contribution < 1.29 is 28.3 Å². The summed E-state index contributed by atoms with van der Waals surface area (Å²) in [5.74, 6) is -3.15. The van der Waals surface area contributed by atoms with Gasteiger partial charge in [0.1, 0.15) is 16.5 Å². The van der Waals surface area contributed by atoms with Crippen LogP contribution in [0.5, 0.6) is 0 Å². The zero-order chi connectivity index (χ0) is 26.5. The van der Waals surface area contributed by atoms with Gasteiger partial charge in [0.25, 0.3) is 17.7 Å². The van der Waals surface area contributed by atoms with Gasteiger partial charge >= 0.3 is 5.97 Å². The molecule has 4 rings (SSSR count). The van der Waals surface area contributed by atoms with E-state index < -0.39 is 29.5 Å². The molecule has 2 N–H and O–H groups in total. The number of hydrogen-bond acceptors (Lipinski definition) is 6. The molecule has 8 nitrogen and oxygen atoms in total. The van der Waals surface area contributed by atoms with Crippen LogP contribution in [0.2, 0.25) is 0 Å². The molecule has 0 aromatic heterocycles. The van der Waals surface area contributed by atoms with Crippen molar-refractivity contribution in [3.05, 3.63) is 100 Å². The van der Waals surface area contributed by atoms with Gasteiger partial charge in [0, 0.05) is 16.9 Å². The molecule has 1 aliphatic rings.